The Balaban J connectivity index is 1.74. The molecule has 1 aliphatic rings. The number of aromatic amines is 1. The van der Waals surface area contributed by atoms with Gasteiger partial charge in [-0.15, -0.1) is 0 Å². The van der Waals surface area contributed by atoms with Crippen molar-refractivity contribution in [2.75, 3.05) is 5.32 Å². The number of carbonyl (C=O) groups is 1. The third kappa shape index (κ3) is 3.13. The lowest BCUT2D eigenvalue weighted by atomic mass is 10.0. The molecule has 1 aromatic carbocycles. The Morgan fingerprint density at radius 1 is 1.27 bits per heavy atom. The maximum absolute atomic E-state index is 12.7. The number of rotatable bonds is 3. The van der Waals surface area contributed by atoms with Crippen molar-refractivity contribution in [1.29, 1.82) is 0 Å². The maximum atomic E-state index is 12.7. The van der Waals surface area contributed by atoms with E-state index in [1.165, 1.54) is 6.07 Å². The monoisotopic (exact) mass is 309 g/mol. The third-order valence-electron chi connectivity index (χ3n) is 3.75. The van der Waals surface area contributed by atoms with Crippen molar-refractivity contribution in [3.8, 4) is 0 Å². The molecular weight excluding hydrogens is 295 g/mol. The van der Waals surface area contributed by atoms with E-state index in [0.29, 0.717) is 24.3 Å². The Hall–Kier alpha value is -2.31. The van der Waals surface area contributed by atoms with Gasteiger partial charge in [-0.1, -0.05) is 6.07 Å². The van der Waals surface area contributed by atoms with Crippen LogP contribution in [0.3, 0.4) is 0 Å². The van der Waals surface area contributed by atoms with E-state index >= 15 is 0 Å². The quantitative estimate of drug-likeness (QED) is 0.900. The highest BCUT2D eigenvalue weighted by Crippen LogP contribution is 2.33. The summed E-state index contributed by atoms with van der Waals surface area (Å²) in [7, 11) is 0. The number of nitrogens with zero attached hydrogens (tertiary/aromatic N) is 1. The number of halogens is 3. The minimum atomic E-state index is -4.38. The molecule has 0 bridgehead atoms. The van der Waals surface area contributed by atoms with Crippen LogP contribution in [0.25, 0.3) is 0 Å². The Morgan fingerprint density at radius 2 is 2.09 bits per heavy atom. The fourth-order valence-electron chi connectivity index (χ4n) is 2.61. The van der Waals surface area contributed by atoms with E-state index < -0.39 is 11.7 Å². The maximum Gasteiger partial charge on any atom is 0.416 e. The highest BCUT2D eigenvalue weighted by Gasteiger charge is 2.30. The molecule has 1 unspecified atom stereocenters. The molecule has 22 heavy (non-hydrogen) atoms. The number of alkyl halides is 3. The van der Waals surface area contributed by atoms with Crippen LogP contribution in [0.5, 0.6) is 0 Å². The van der Waals surface area contributed by atoms with Crippen LogP contribution in [0.1, 0.15) is 36.4 Å². The van der Waals surface area contributed by atoms with Crippen molar-refractivity contribution in [2.24, 2.45) is 0 Å². The molecule has 1 fully saturated rings. The van der Waals surface area contributed by atoms with E-state index in [1.807, 2.05) is 0 Å². The Kier molecular flexibility index (Phi) is 3.64. The van der Waals surface area contributed by atoms with Crippen LogP contribution >= 0.6 is 0 Å². The summed E-state index contributed by atoms with van der Waals surface area (Å²) < 4.78 is 38.0. The highest BCUT2D eigenvalue weighted by atomic mass is 19.4. The number of benzene rings is 1. The van der Waals surface area contributed by atoms with Crippen molar-refractivity contribution in [2.45, 2.75) is 31.4 Å². The predicted octanol–water partition coefficient (Wildman–Crippen LogP) is 4.01. The van der Waals surface area contributed by atoms with Crippen LogP contribution in [-0.4, -0.2) is 16.0 Å². The lowest BCUT2D eigenvalue weighted by molar-refractivity contribution is -0.137. The molecule has 7 heteroatoms. The number of Topliss-reactive ketones (excluding diaryl/α,β-unsaturated/α-hetero) is 1. The Bertz CT molecular complexity index is 693. The average molecular weight is 309 g/mol. The first-order valence-electron chi connectivity index (χ1n) is 6.93. The SMILES string of the molecule is O=C1CCC(c2cc(Nc3cccc(C(F)(F)F)c3)n[nH]2)C1. The summed E-state index contributed by atoms with van der Waals surface area (Å²) in [6.07, 6.45) is -2.53. The lowest BCUT2D eigenvalue weighted by Gasteiger charge is -2.09. The second kappa shape index (κ2) is 5.47. The number of ketones is 1. The van der Waals surface area contributed by atoms with Gasteiger partial charge in [-0.3, -0.25) is 9.89 Å². The number of aromatic nitrogens is 2. The van der Waals surface area contributed by atoms with E-state index in [-0.39, 0.29) is 11.7 Å². The molecule has 1 aromatic heterocycles. The first-order valence-corrected chi connectivity index (χ1v) is 6.93. The van der Waals surface area contributed by atoms with Crippen LogP contribution in [0, 0.1) is 0 Å². The van der Waals surface area contributed by atoms with Gasteiger partial charge in [0, 0.05) is 36.2 Å². The van der Waals surface area contributed by atoms with Gasteiger partial charge in [-0.25, -0.2) is 0 Å². The largest absolute Gasteiger partial charge is 0.416 e. The molecule has 0 spiro atoms. The Labute approximate surface area is 124 Å². The topological polar surface area (TPSA) is 57.8 Å². The smallest absolute Gasteiger partial charge is 0.339 e. The van der Waals surface area contributed by atoms with Gasteiger partial charge in [0.2, 0.25) is 0 Å². The number of hydrogen-bond donors (Lipinski definition) is 2. The highest BCUT2D eigenvalue weighted by molar-refractivity contribution is 5.81. The summed E-state index contributed by atoms with van der Waals surface area (Å²) in [5, 5.41) is 9.73. The van der Waals surface area contributed by atoms with Gasteiger partial charge in [0.05, 0.1) is 5.56 Å². The number of nitrogens with one attached hydrogen (secondary N) is 2. The zero-order valence-corrected chi connectivity index (χ0v) is 11.6. The number of H-pyrrole nitrogens is 1. The molecular formula is C15H14F3N3O. The lowest BCUT2D eigenvalue weighted by Crippen LogP contribution is -2.05. The van der Waals surface area contributed by atoms with Crippen molar-refractivity contribution >= 4 is 17.3 Å². The first kappa shape index (κ1) is 14.6. The van der Waals surface area contributed by atoms with Gasteiger partial charge in [-0.2, -0.15) is 18.3 Å². The summed E-state index contributed by atoms with van der Waals surface area (Å²) in [4.78, 5) is 11.3. The van der Waals surface area contributed by atoms with E-state index in [4.69, 9.17) is 0 Å². The number of anilines is 2. The van der Waals surface area contributed by atoms with Gasteiger partial charge in [0.25, 0.3) is 0 Å². The molecule has 0 amide bonds. The van der Waals surface area contributed by atoms with Crippen LogP contribution < -0.4 is 5.32 Å². The molecule has 3 rings (SSSR count). The first-order chi connectivity index (χ1) is 10.4. The van der Waals surface area contributed by atoms with Gasteiger partial charge < -0.3 is 5.32 Å². The van der Waals surface area contributed by atoms with Crippen molar-refractivity contribution in [3.05, 3.63) is 41.6 Å². The Morgan fingerprint density at radius 3 is 2.77 bits per heavy atom. The fourth-order valence-corrected chi connectivity index (χ4v) is 2.61. The summed E-state index contributed by atoms with van der Waals surface area (Å²) in [6.45, 7) is 0. The van der Waals surface area contributed by atoms with E-state index in [2.05, 4.69) is 15.5 Å². The van der Waals surface area contributed by atoms with Crippen molar-refractivity contribution < 1.29 is 18.0 Å². The molecule has 0 radical (unpaired) electrons. The number of carbonyl (C=O) groups excluding carboxylic acids is 1. The molecule has 4 nitrogen and oxygen atoms in total. The van der Waals surface area contributed by atoms with Gasteiger partial charge in [0.15, 0.2) is 5.82 Å². The van der Waals surface area contributed by atoms with Gasteiger partial charge in [0.1, 0.15) is 5.78 Å². The van der Waals surface area contributed by atoms with E-state index in [0.717, 1.165) is 24.2 Å². The second-order valence-electron chi connectivity index (χ2n) is 5.39. The van der Waals surface area contributed by atoms with Crippen LogP contribution in [0.4, 0.5) is 24.7 Å². The van der Waals surface area contributed by atoms with E-state index in [9.17, 15) is 18.0 Å². The van der Waals surface area contributed by atoms with Crippen LogP contribution in [0.15, 0.2) is 30.3 Å². The fraction of sp³-hybridized carbons (Fsp3) is 0.333. The molecule has 2 N–H and O–H groups in total. The summed E-state index contributed by atoms with van der Waals surface area (Å²) >= 11 is 0. The second-order valence-corrected chi connectivity index (χ2v) is 5.39. The molecule has 116 valence electrons. The van der Waals surface area contributed by atoms with Gasteiger partial charge in [-0.05, 0) is 24.6 Å². The van der Waals surface area contributed by atoms with Crippen LogP contribution in [0.2, 0.25) is 0 Å². The number of hydrogen-bond acceptors (Lipinski definition) is 3. The molecule has 2 aromatic rings. The van der Waals surface area contributed by atoms with Gasteiger partial charge >= 0.3 is 6.18 Å². The molecule has 0 saturated heterocycles. The van der Waals surface area contributed by atoms with Crippen LogP contribution in [-0.2, 0) is 11.0 Å². The molecule has 1 aliphatic carbocycles. The molecule has 1 heterocycles. The predicted molar refractivity (Wildman–Crippen MR) is 74.9 cm³/mol. The minimum Gasteiger partial charge on any atom is -0.339 e. The zero-order valence-electron chi connectivity index (χ0n) is 11.6. The van der Waals surface area contributed by atoms with E-state index in [1.54, 1.807) is 12.1 Å². The summed E-state index contributed by atoms with van der Waals surface area (Å²) in [5.41, 5.74) is 0.436. The third-order valence-corrected chi connectivity index (χ3v) is 3.75. The normalized spacial score (nSPS) is 18.7. The molecule has 0 aliphatic heterocycles. The summed E-state index contributed by atoms with van der Waals surface area (Å²) in [5.74, 6) is 0.790. The molecule has 1 atom stereocenters. The standard InChI is InChI=1S/C15H14F3N3O/c16-15(17,18)10-2-1-3-11(7-10)19-14-8-13(20-21-14)9-4-5-12(22)6-9/h1-3,7-9H,4-6H2,(H2,19,20,21). The molecule has 1 saturated carbocycles. The van der Waals surface area contributed by atoms with Crippen molar-refractivity contribution in [3.63, 3.8) is 0 Å². The average Bonchev–Trinajstić information content (AvgIpc) is 3.07. The minimum absolute atomic E-state index is 0.122. The van der Waals surface area contributed by atoms with Crippen molar-refractivity contribution in [1.82, 2.24) is 10.2 Å². The zero-order chi connectivity index (χ0) is 15.7. The summed E-state index contributed by atoms with van der Waals surface area (Å²) in [6, 6.07) is 6.68.